The number of rotatable bonds is 5. The summed E-state index contributed by atoms with van der Waals surface area (Å²) in [5.74, 6) is -3.34. The van der Waals surface area contributed by atoms with E-state index in [2.05, 4.69) is 14.9 Å². The molecule has 0 radical (unpaired) electrons. The minimum Gasteiger partial charge on any atom is -0.478 e. The minimum absolute atomic E-state index is 0.0975. The maximum atomic E-state index is 14.8. The molecule has 12 heteroatoms. The fourth-order valence-corrected chi connectivity index (χ4v) is 4.30. The van der Waals surface area contributed by atoms with Crippen molar-refractivity contribution in [1.29, 1.82) is 0 Å². The number of benzene rings is 2. The van der Waals surface area contributed by atoms with E-state index in [-0.39, 0.29) is 27.8 Å². The summed E-state index contributed by atoms with van der Waals surface area (Å²) in [6, 6.07) is 7.35. The smallest absolute Gasteiger partial charge is 0.478 e. The average molecular weight is 529 g/mol. The summed E-state index contributed by atoms with van der Waals surface area (Å²) in [5, 5.41) is 13.5. The van der Waals surface area contributed by atoms with E-state index in [0.717, 1.165) is 36.4 Å². The topological polar surface area (TPSA) is 90.4 Å². The number of pyridine rings is 1. The Hall–Kier alpha value is -4.74. The van der Waals surface area contributed by atoms with E-state index in [1.165, 1.54) is 17.0 Å². The first-order valence-electron chi connectivity index (χ1n) is 11.0. The lowest BCUT2D eigenvalue weighted by Gasteiger charge is -2.14. The molecule has 194 valence electrons. The Kier molecular flexibility index (Phi) is 5.89. The number of nitrogens with zero attached hydrogens (tertiary/aromatic N) is 3. The first kappa shape index (κ1) is 24.9. The zero-order valence-corrected chi connectivity index (χ0v) is 19.6. The lowest BCUT2D eigenvalue weighted by Crippen LogP contribution is -2.18. The molecule has 0 bridgehead atoms. The van der Waals surface area contributed by atoms with E-state index in [0.29, 0.717) is 22.6 Å². The Balaban J connectivity index is 1.84. The standard InChI is InChI=1S/C26H16F5N3O4/c1-12-23(13(2)38-33-12)15-7-18-19(17-5-3-14(25(35)36)8-22(17)37-26(29,30)31)11-34(24(18)32-10-15)21-9-16(27)4-6-20(21)28/h3-11H,1-2H3,(H,35,36). The van der Waals surface area contributed by atoms with Crippen molar-refractivity contribution in [3.63, 3.8) is 0 Å². The summed E-state index contributed by atoms with van der Waals surface area (Å²) in [4.78, 5) is 15.8. The van der Waals surface area contributed by atoms with Crippen LogP contribution in [0.15, 0.2) is 59.4 Å². The molecule has 2 aromatic carbocycles. The number of carboxylic acids is 1. The highest BCUT2D eigenvalue weighted by molar-refractivity contribution is 6.00. The largest absolute Gasteiger partial charge is 0.573 e. The van der Waals surface area contributed by atoms with Gasteiger partial charge < -0.3 is 14.4 Å². The lowest BCUT2D eigenvalue weighted by molar-refractivity contribution is -0.274. The molecule has 0 spiro atoms. The van der Waals surface area contributed by atoms with Crippen molar-refractivity contribution >= 4 is 17.0 Å². The van der Waals surface area contributed by atoms with Gasteiger partial charge in [0.05, 0.1) is 16.9 Å². The Morgan fingerprint density at radius 2 is 1.82 bits per heavy atom. The van der Waals surface area contributed by atoms with Gasteiger partial charge in [0.2, 0.25) is 0 Å². The normalized spacial score (nSPS) is 11.8. The number of halogens is 5. The van der Waals surface area contributed by atoms with Crippen LogP contribution in [0.25, 0.3) is 39.0 Å². The quantitative estimate of drug-likeness (QED) is 0.251. The predicted molar refractivity (Wildman–Crippen MR) is 125 cm³/mol. The number of ether oxygens (including phenoxy) is 1. The van der Waals surface area contributed by atoms with Gasteiger partial charge in [-0.25, -0.2) is 18.6 Å². The maximum Gasteiger partial charge on any atom is 0.573 e. The van der Waals surface area contributed by atoms with Crippen molar-refractivity contribution in [2.75, 3.05) is 0 Å². The van der Waals surface area contributed by atoms with Gasteiger partial charge in [0.15, 0.2) is 0 Å². The highest BCUT2D eigenvalue weighted by atomic mass is 19.4. The number of hydrogen-bond acceptors (Lipinski definition) is 5. The first-order valence-corrected chi connectivity index (χ1v) is 11.0. The van der Waals surface area contributed by atoms with Gasteiger partial charge in [-0.15, -0.1) is 13.2 Å². The highest BCUT2D eigenvalue weighted by Crippen LogP contribution is 2.41. The van der Waals surface area contributed by atoms with Crippen LogP contribution in [0.1, 0.15) is 21.8 Å². The molecule has 38 heavy (non-hydrogen) atoms. The fourth-order valence-electron chi connectivity index (χ4n) is 4.30. The molecule has 7 nitrogen and oxygen atoms in total. The van der Waals surface area contributed by atoms with Crippen molar-refractivity contribution in [2.24, 2.45) is 0 Å². The Labute approximate surface area is 210 Å². The van der Waals surface area contributed by atoms with Crippen LogP contribution in [-0.2, 0) is 0 Å². The molecule has 5 aromatic rings. The first-order chi connectivity index (χ1) is 17.9. The molecule has 0 fully saturated rings. The van der Waals surface area contributed by atoms with Gasteiger partial charge in [0.25, 0.3) is 0 Å². The van der Waals surface area contributed by atoms with E-state index in [1.54, 1.807) is 19.9 Å². The summed E-state index contributed by atoms with van der Waals surface area (Å²) in [6.45, 7) is 3.37. The molecule has 0 aliphatic carbocycles. The molecule has 0 saturated heterocycles. The van der Waals surface area contributed by atoms with Crippen LogP contribution in [0.5, 0.6) is 5.75 Å². The molecule has 0 unspecified atom stereocenters. The predicted octanol–water partition coefficient (Wildman–Crippen LogP) is 6.84. The van der Waals surface area contributed by atoms with Crippen LogP contribution in [-0.4, -0.2) is 32.1 Å². The number of carbonyl (C=O) groups is 1. The highest BCUT2D eigenvalue weighted by Gasteiger charge is 2.33. The number of aryl methyl sites for hydroxylation is 2. The summed E-state index contributed by atoms with van der Waals surface area (Å²) in [5.41, 5.74) is 1.01. The number of carboxylic acid groups (broad SMARTS) is 1. The Morgan fingerprint density at radius 1 is 1.05 bits per heavy atom. The summed E-state index contributed by atoms with van der Waals surface area (Å²) in [6.07, 6.45) is -2.41. The van der Waals surface area contributed by atoms with Crippen molar-refractivity contribution in [2.45, 2.75) is 20.2 Å². The third kappa shape index (κ3) is 4.44. The van der Waals surface area contributed by atoms with Gasteiger partial charge in [-0.1, -0.05) is 5.16 Å². The lowest BCUT2D eigenvalue weighted by atomic mass is 10.00. The Bertz CT molecular complexity index is 1700. The average Bonchev–Trinajstić information content (AvgIpc) is 3.38. The third-order valence-electron chi connectivity index (χ3n) is 5.88. The van der Waals surface area contributed by atoms with Crippen LogP contribution >= 0.6 is 0 Å². The Morgan fingerprint density at radius 3 is 2.47 bits per heavy atom. The van der Waals surface area contributed by atoms with Crippen LogP contribution in [0.3, 0.4) is 0 Å². The molecule has 1 N–H and O–H groups in total. The van der Waals surface area contributed by atoms with Crippen molar-refractivity contribution in [3.8, 4) is 33.7 Å². The molecule has 0 aliphatic rings. The van der Waals surface area contributed by atoms with Gasteiger partial charge >= 0.3 is 12.3 Å². The van der Waals surface area contributed by atoms with E-state index in [9.17, 15) is 31.9 Å². The van der Waals surface area contributed by atoms with Gasteiger partial charge in [-0.3, -0.25) is 4.57 Å². The summed E-state index contributed by atoms with van der Waals surface area (Å²) >= 11 is 0. The van der Waals surface area contributed by atoms with E-state index >= 15 is 0 Å². The molecule has 3 heterocycles. The number of aromatic nitrogens is 3. The van der Waals surface area contributed by atoms with Gasteiger partial charge in [-0.2, -0.15) is 0 Å². The zero-order chi connectivity index (χ0) is 27.4. The van der Waals surface area contributed by atoms with Crippen molar-refractivity contribution in [1.82, 2.24) is 14.7 Å². The fraction of sp³-hybridized carbons (Fsp3) is 0.115. The number of fused-ring (bicyclic) bond motifs is 1. The second-order valence-electron chi connectivity index (χ2n) is 8.37. The van der Waals surface area contributed by atoms with Gasteiger partial charge in [-0.05, 0) is 50.2 Å². The molecule has 3 aromatic heterocycles. The van der Waals surface area contributed by atoms with E-state index in [4.69, 9.17) is 4.52 Å². The van der Waals surface area contributed by atoms with Crippen LogP contribution in [0.2, 0.25) is 0 Å². The number of alkyl halides is 3. The second-order valence-corrected chi connectivity index (χ2v) is 8.37. The van der Waals surface area contributed by atoms with Crippen LogP contribution in [0.4, 0.5) is 22.0 Å². The zero-order valence-electron chi connectivity index (χ0n) is 19.6. The molecule has 0 saturated carbocycles. The number of aromatic carboxylic acids is 1. The molecule has 0 aliphatic heterocycles. The van der Waals surface area contributed by atoms with Crippen LogP contribution < -0.4 is 4.74 Å². The molecular formula is C26H16F5N3O4. The monoisotopic (exact) mass is 529 g/mol. The van der Waals surface area contributed by atoms with Crippen molar-refractivity contribution < 1.29 is 41.1 Å². The molecule has 0 atom stereocenters. The second kappa shape index (κ2) is 8.98. The van der Waals surface area contributed by atoms with Gasteiger partial charge in [0, 0.05) is 46.1 Å². The molecule has 5 rings (SSSR count). The van der Waals surface area contributed by atoms with E-state index in [1.807, 2.05) is 0 Å². The third-order valence-corrected chi connectivity index (χ3v) is 5.88. The summed E-state index contributed by atoms with van der Waals surface area (Å²) in [7, 11) is 0. The maximum absolute atomic E-state index is 14.8. The van der Waals surface area contributed by atoms with Crippen molar-refractivity contribution in [3.05, 3.63) is 83.5 Å². The molecular weight excluding hydrogens is 513 g/mol. The van der Waals surface area contributed by atoms with Crippen LogP contribution in [0, 0.1) is 25.5 Å². The minimum atomic E-state index is -5.14. The summed E-state index contributed by atoms with van der Waals surface area (Å²) < 4.78 is 79.3. The molecule has 0 amide bonds. The van der Waals surface area contributed by atoms with Gasteiger partial charge in [0.1, 0.15) is 28.8 Å². The SMILES string of the molecule is Cc1noc(C)c1-c1cnc2c(c1)c(-c1ccc(C(=O)O)cc1OC(F)(F)F)cn2-c1cc(F)ccc1F. The van der Waals surface area contributed by atoms with E-state index < -0.39 is 35.3 Å². The number of hydrogen-bond donors (Lipinski definition) is 1.